The molecule has 0 bridgehead atoms. The number of carbonyl (C=O) groups is 1. The Balaban J connectivity index is 1.27. The molecule has 4 aromatic rings. The van der Waals surface area contributed by atoms with E-state index in [0.29, 0.717) is 36.5 Å². The molecule has 1 fully saturated rings. The number of anilines is 1. The van der Waals surface area contributed by atoms with Crippen molar-refractivity contribution in [2.45, 2.75) is 51.7 Å². The van der Waals surface area contributed by atoms with E-state index in [0.717, 1.165) is 42.2 Å². The van der Waals surface area contributed by atoms with Crippen molar-refractivity contribution in [3.05, 3.63) is 83.3 Å². The average molecular weight is 513 g/mol. The van der Waals surface area contributed by atoms with Gasteiger partial charge in [-0.3, -0.25) is 4.79 Å². The van der Waals surface area contributed by atoms with Gasteiger partial charge in [-0.2, -0.15) is 0 Å². The number of aryl methyl sites for hydroxylation is 2. The fourth-order valence-electron chi connectivity index (χ4n) is 4.89. The highest BCUT2D eigenvalue weighted by Crippen LogP contribution is 2.30. The van der Waals surface area contributed by atoms with E-state index in [1.54, 1.807) is 4.68 Å². The molecule has 5 rings (SSSR count). The summed E-state index contributed by atoms with van der Waals surface area (Å²) in [5.74, 6) is 0.369. The van der Waals surface area contributed by atoms with Crippen molar-refractivity contribution < 1.29 is 14.6 Å². The molecule has 196 valence electrons. The van der Waals surface area contributed by atoms with Gasteiger partial charge in [-0.15, -0.1) is 5.10 Å². The van der Waals surface area contributed by atoms with Crippen molar-refractivity contribution in [1.29, 1.82) is 0 Å². The van der Waals surface area contributed by atoms with Crippen LogP contribution in [0.25, 0.3) is 11.4 Å². The molecule has 0 amide bonds. The number of hydrogen-bond acceptors (Lipinski definition) is 7. The van der Waals surface area contributed by atoms with E-state index in [-0.39, 0.29) is 12.0 Å². The molecule has 9 heteroatoms. The Morgan fingerprint density at radius 3 is 2.71 bits per heavy atom. The van der Waals surface area contributed by atoms with Crippen LogP contribution in [0.4, 0.5) is 5.82 Å². The predicted molar refractivity (Wildman–Crippen MR) is 144 cm³/mol. The number of carboxylic acids is 1. The van der Waals surface area contributed by atoms with Crippen molar-refractivity contribution in [2.75, 3.05) is 5.32 Å². The zero-order valence-electron chi connectivity index (χ0n) is 21.7. The molecular weight excluding hydrogens is 480 g/mol. The predicted octanol–water partition coefficient (Wildman–Crippen LogP) is 4.81. The topological polar surface area (TPSA) is 115 Å². The average Bonchev–Trinajstić information content (AvgIpc) is 3.29. The van der Waals surface area contributed by atoms with Crippen LogP contribution in [-0.4, -0.2) is 42.1 Å². The van der Waals surface area contributed by atoms with Gasteiger partial charge in [-0.1, -0.05) is 41.6 Å². The summed E-state index contributed by atoms with van der Waals surface area (Å²) in [5.41, 5.74) is 5.23. The van der Waals surface area contributed by atoms with E-state index in [9.17, 15) is 9.90 Å². The summed E-state index contributed by atoms with van der Waals surface area (Å²) < 4.78 is 7.91. The van der Waals surface area contributed by atoms with E-state index in [4.69, 9.17) is 14.7 Å². The van der Waals surface area contributed by atoms with Gasteiger partial charge in [0.05, 0.1) is 35.6 Å². The lowest BCUT2D eigenvalue weighted by atomic mass is 9.87. The first-order chi connectivity index (χ1) is 18.5. The van der Waals surface area contributed by atoms with Crippen LogP contribution in [-0.2, 0) is 24.8 Å². The number of rotatable bonds is 9. The lowest BCUT2D eigenvalue weighted by Crippen LogP contribution is -2.29. The normalized spacial score (nSPS) is 17.2. The maximum absolute atomic E-state index is 11.4. The minimum Gasteiger partial charge on any atom is -0.489 e. The summed E-state index contributed by atoms with van der Waals surface area (Å²) in [5, 5.41) is 21.4. The minimum absolute atomic E-state index is 0.113. The number of carboxylic acid groups (broad SMARTS) is 1. The smallest absolute Gasteiger partial charge is 0.306 e. The fourth-order valence-corrected chi connectivity index (χ4v) is 4.89. The van der Waals surface area contributed by atoms with Crippen LogP contribution in [0.2, 0.25) is 0 Å². The van der Waals surface area contributed by atoms with E-state index in [2.05, 4.69) is 27.8 Å². The summed E-state index contributed by atoms with van der Waals surface area (Å²) in [4.78, 5) is 20.9. The third kappa shape index (κ3) is 5.99. The second kappa shape index (κ2) is 11.4. The number of aromatic nitrogens is 5. The van der Waals surface area contributed by atoms with Crippen molar-refractivity contribution in [3.8, 4) is 17.1 Å². The molecule has 1 aliphatic rings. The Bertz CT molecular complexity index is 1400. The molecule has 38 heavy (non-hydrogen) atoms. The van der Waals surface area contributed by atoms with E-state index in [1.165, 1.54) is 5.56 Å². The summed E-state index contributed by atoms with van der Waals surface area (Å²) in [6.45, 7) is 2.38. The molecule has 1 saturated carbocycles. The van der Waals surface area contributed by atoms with Crippen LogP contribution in [0.3, 0.4) is 0 Å². The van der Waals surface area contributed by atoms with E-state index >= 15 is 0 Å². The Kier molecular flexibility index (Phi) is 7.62. The second-order valence-corrected chi connectivity index (χ2v) is 9.76. The van der Waals surface area contributed by atoms with Gasteiger partial charge in [0, 0.05) is 19.2 Å². The van der Waals surface area contributed by atoms with Crippen LogP contribution in [0.5, 0.6) is 5.75 Å². The van der Waals surface area contributed by atoms with Crippen LogP contribution >= 0.6 is 0 Å². The fraction of sp³-hybridized carbons (Fsp3) is 0.345. The quantitative estimate of drug-likeness (QED) is 0.328. The number of hydrogen-bond donors (Lipinski definition) is 2. The van der Waals surface area contributed by atoms with Crippen molar-refractivity contribution in [2.24, 2.45) is 13.0 Å². The van der Waals surface area contributed by atoms with Crippen LogP contribution < -0.4 is 10.1 Å². The summed E-state index contributed by atoms with van der Waals surface area (Å²) in [7, 11) is 1.86. The number of nitrogens with one attached hydrogen (secondary N) is 1. The van der Waals surface area contributed by atoms with Gasteiger partial charge < -0.3 is 15.2 Å². The Morgan fingerprint density at radius 2 is 1.92 bits per heavy atom. The molecule has 3 heterocycles. The molecule has 0 aliphatic heterocycles. The number of aliphatic carboxylic acids is 1. The van der Waals surface area contributed by atoms with E-state index in [1.807, 2.05) is 62.5 Å². The molecule has 9 nitrogen and oxygen atoms in total. The van der Waals surface area contributed by atoms with Gasteiger partial charge in [0.1, 0.15) is 17.3 Å². The first-order valence-corrected chi connectivity index (χ1v) is 13.0. The van der Waals surface area contributed by atoms with Gasteiger partial charge in [0.25, 0.3) is 0 Å². The SMILES string of the molecule is Cc1nc(-c2nnn(C)c2CNc2cccc(Cc3ccccc3)n2)ccc1O[C@H]1CCC[C@H](C(=O)O)C1. The molecule has 0 saturated heterocycles. The highest BCUT2D eigenvalue weighted by Gasteiger charge is 2.28. The second-order valence-electron chi connectivity index (χ2n) is 9.76. The zero-order valence-corrected chi connectivity index (χ0v) is 21.7. The highest BCUT2D eigenvalue weighted by molar-refractivity contribution is 5.70. The van der Waals surface area contributed by atoms with Crippen LogP contribution in [0.15, 0.2) is 60.7 Å². The zero-order chi connectivity index (χ0) is 26.5. The van der Waals surface area contributed by atoms with Crippen molar-refractivity contribution >= 4 is 11.8 Å². The third-order valence-electron chi connectivity index (χ3n) is 6.96. The lowest BCUT2D eigenvalue weighted by Gasteiger charge is -2.27. The van der Waals surface area contributed by atoms with Gasteiger partial charge >= 0.3 is 5.97 Å². The largest absolute Gasteiger partial charge is 0.489 e. The Labute approximate surface area is 221 Å². The number of ether oxygens (including phenoxy) is 1. The molecule has 0 unspecified atom stereocenters. The lowest BCUT2D eigenvalue weighted by molar-refractivity contribution is -0.143. The molecule has 1 aliphatic carbocycles. The van der Waals surface area contributed by atoms with Gasteiger partial charge in [-0.05, 0) is 62.4 Å². The maximum Gasteiger partial charge on any atom is 0.306 e. The first-order valence-electron chi connectivity index (χ1n) is 13.0. The Morgan fingerprint density at radius 1 is 1.08 bits per heavy atom. The molecule has 3 aromatic heterocycles. The van der Waals surface area contributed by atoms with Gasteiger partial charge in [-0.25, -0.2) is 14.6 Å². The maximum atomic E-state index is 11.4. The van der Waals surface area contributed by atoms with Crippen molar-refractivity contribution in [3.63, 3.8) is 0 Å². The molecule has 0 radical (unpaired) electrons. The van der Waals surface area contributed by atoms with E-state index < -0.39 is 5.97 Å². The molecule has 1 aromatic carbocycles. The standard InChI is InChI=1S/C29H32N6O3/c1-19-26(38-23-12-6-10-21(17-23)29(36)37)15-14-24(31-19)28-25(35(2)34-33-28)18-30-27-13-7-11-22(32-27)16-20-8-4-3-5-9-20/h3-5,7-9,11,13-15,21,23H,6,10,12,16-18H2,1-2H3,(H,30,32)(H,36,37)/t21-,23-/m0/s1. The minimum atomic E-state index is -0.745. The number of nitrogens with zero attached hydrogens (tertiary/aromatic N) is 5. The van der Waals surface area contributed by atoms with Crippen LogP contribution in [0, 0.1) is 12.8 Å². The van der Waals surface area contributed by atoms with Crippen LogP contribution in [0.1, 0.15) is 48.3 Å². The number of pyridine rings is 2. The van der Waals surface area contributed by atoms with Gasteiger partial charge in [0.2, 0.25) is 0 Å². The summed E-state index contributed by atoms with van der Waals surface area (Å²) >= 11 is 0. The third-order valence-corrected chi connectivity index (χ3v) is 6.96. The number of benzene rings is 1. The van der Waals surface area contributed by atoms with Crippen molar-refractivity contribution in [1.82, 2.24) is 25.0 Å². The Hall–Kier alpha value is -4.27. The monoisotopic (exact) mass is 512 g/mol. The molecular formula is C29H32N6O3. The summed E-state index contributed by atoms with van der Waals surface area (Å²) in [6.07, 6.45) is 3.60. The highest BCUT2D eigenvalue weighted by atomic mass is 16.5. The molecule has 2 atom stereocenters. The summed E-state index contributed by atoms with van der Waals surface area (Å²) in [6, 6.07) is 20.0. The van der Waals surface area contributed by atoms with Gasteiger partial charge in [0.15, 0.2) is 0 Å². The first kappa shape index (κ1) is 25.4. The molecule has 0 spiro atoms. The molecule has 2 N–H and O–H groups in total.